The molecule has 0 aliphatic carbocycles. The lowest BCUT2D eigenvalue weighted by Crippen LogP contribution is -2.29. The summed E-state index contributed by atoms with van der Waals surface area (Å²) in [7, 11) is 0. The van der Waals surface area contributed by atoms with Crippen LogP contribution in [0.2, 0.25) is 0 Å². The van der Waals surface area contributed by atoms with Crippen LogP contribution in [0.25, 0.3) is 0 Å². The van der Waals surface area contributed by atoms with Gasteiger partial charge in [0.1, 0.15) is 0 Å². The molecular weight excluding hydrogens is 256 g/mol. The number of aliphatic hydroxyl groups is 1. The van der Waals surface area contributed by atoms with E-state index in [0.717, 1.165) is 10.2 Å². The van der Waals surface area contributed by atoms with Crippen LogP contribution >= 0.6 is 15.9 Å². The maximum atomic E-state index is 9.19. The van der Waals surface area contributed by atoms with Crippen molar-refractivity contribution >= 4 is 27.3 Å². The first-order valence-corrected chi connectivity index (χ1v) is 5.76. The molecule has 0 aliphatic rings. The standard InChI is InChI=1S/C11H17BrN2O/c1-7(2)11(6-15)14-10-4-3-8(12)5-9(10)13/h3-5,7,11,14-15H,6,13H2,1-2H3/t11-/m1/s1. The zero-order valence-electron chi connectivity index (χ0n) is 9.00. The van der Waals surface area contributed by atoms with Crippen LogP contribution in [0.5, 0.6) is 0 Å². The van der Waals surface area contributed by atoms with Crippen molar-refractivity contribution in [1.82, 2.24) is 0 Å². The van der Waals surface area contributed by atoms with Crippen LogP contribution in [0.1, 0.15) is 13.8 Å². The van der Waals surface area contributed by atoms with Gasteiger partial charge in [-0.25, -0.2) is 0 Å². The number of nitrogen functional groups attached to an aromatic ring is 1. The third kappa shape index (κ3) is 3.39. The molecule has 0 radical (unpaired) electrons. The first-order valence-electron chi connectivity index (χ1n) is 4.97. The summed E-state index contributed by atoms with van der Waals surface area (Å²) in [5.41, 5.74) is 7.40. The molecule has 0 saturated carbocycles. The van der Waals surface area contributed by atoms with Crippen molar-refractivity contribution in [2.45, 2.75) is 19.9 Å². The number of nitrogens with two attached hydrogens (primary N) is 1. The first-order chi connectivity index (χ1) is 7.04. The molecule has 1 aromatic carbocycles. The number of benzene rings is 1. The number of nitrogens with one attached hydrogen (secondary N) is 1. The van der Waals surface area contributed by atoms with Crippen molar-refractivity contribution in [3.05, 3.63) is 22.7 Å². The van der Waals surface area contributed by atoms with Crippen LogP contribution in [-0.4, -0.2) is 17.8 Å². The smallest absolute Gasteiger partial charge is 0.0635 e. The Morgan fingerprint density at radius 1 is 1.47 bits per heavy atom. The van der Waals surface area contributed by atoms with Crippen LogP contribution < -0.4 is 11.1 Å². The number of anilines is 2. The highest BCUT2D eigenvalue weighted by Crippen LogP contribution is 2.24. The van der Waals surface area contributed by atoms with Gasteiger partial charge in [-0.2, -0.15) is 0 Å². The van der Waals surface area contributed by atoms with Crippen molar-refractivity contribution in [3.8, 4) is 0 Å². The fourth-order valence-corrected chi connectivity index (χ4v) is 1.67. The van der Waals surface area contributed by atoms with Crippen LogP contribution in [0, 0.1) is 5.92 Å². The van der Waals surface area contributed by atoms with E-state index in [0.29, 0.717) is 11.6 Å². The van der Waals surface area contributed by atoms with Gasteiger partial charge >= 0.3 is 0 Å². The Bertz CT molecular complexity index is 328. The van der Waals surface area contributed by atoms with E-state index in [1.54, 1.807) is 0 Å². The van der Waals surface area contributed by atoms with Crippen LogP contribution in [0.3, 0.4) is 0 Å². The minimum Gasteiger partial charge on any atom is -0.397 e. The zero-order chi connectivity index (χ0) is 11.4. The molecule has 1 aromatic rings. The minimum absolute atomic E-state index is 0.0356. The molecular formula is C11H17BrN2O. The quantitative estimate of drug-likeness (QED) is 0.738. The molecule has 0 unspecified atom stereocenters. The number of aliphatic hydroxyl groups excluding tert-OH is 1. The van der Waals surface area contributed by atoms with E-state index < -0.39 is 0 Å². The fourth-order valence-electron chi connectivity index (χ4n) is 1.29. The summed E-state index contributed by atoms with van der Waals surface area (Å²) in [5.74, 6) is 0.359. The van der Waals surface area contributed by atoms with Crippen LogP contribution in [-0.2, 0) is 0 Å². The van der Waals surface area contributed by atoms with Crippen molar-refractivity contribution in [3.63, 3.8) is 0 Å². The number of rotatable bonds is 4. The monoisotopic (exact) mass is 272 g/mol. The second-order valence-corrected chi connectivity index (χ2v) is 4.82. The lowest BCUT2D eigenvalue weighted by Gasteiger charge is -2.22. The average molecular weight is 273 g/mol. The molecule has 4 N–H and O–H groups in total. The summed E-state index contributed by atoms with van der Waals surface area (Å²) >= 11 is 3.35. The normalized spacial score (nSPS) is 12.9. The van der Waals surface area contributed by atoms with Gasteiger partial charge in [0.15, 0.2) is 0 Å². The summed E-state index contributed by atoms with van der Waals surface area (Å²) in [6.45, 7) is 4.22. The van der Waals surface area contributed by atoms with E-state index in [1.165, 1.54) is 0 Å². The summed E-state index contributed by atoms with van der Waals surface area (Å²) < 4.78 is 0.954. The molecule has 0 spiro atoms. The Balaban J connectivity index is 2.79. The van der Waals surface area contributed by atoms with Crippen molar-refractivity contribution in [2.75, 3.05) is 17.7 Å². The molecule has 0 saturated heterocycles. The van der Waals surface area contributed by atoms with Crippen LogP contribution in [0.15, 0.2) is 22.7 Å². The van der Waals surface area contributed by atoms with Gasteiger partial charge in [-0.05, 0) is 24.1 Å². The lowest BCUT2D eigenvalue weighted by molar-refractivity contribution is 0.249. The van der Waals surface area contributed by atoms with E-state index in [9.17, 15) is 5.11 Å². The van der Waals surface area contributed by atoms with Crippen LogP contribution in [0.4, 0.5) is 11.4 Å². The highest BCUT2D eigenvalue weighted by molar-refractivity contribution is 9.10. The van der Waals surface area contributed by atoms with Gasteiger partial charge in [0.2, 0.25) is 0 Å². The topological polar surface area (TPSA) is 58.3 Å². The fraction of sp³-hybridized carbons (Fsp3) is 0.455. The molecule has 0 heterocycles. The zero-order valence-corrected chi connectivity index (χ0v) is 10.6. The Morgan fingerprint density at radius 2 is 2.13 bits per heavy atom. The van der Waals surface area contributed by atoms with Crippen molar-refractivity contribution in [1.29, 1.82) is 0 Å². The molecule has 15 heavy (non-hydrogen) atoms. The van der Waals surface area contributed by atoms with Gasteiger partial charge < -0.3 is 16.2 Å². The van der Waals surface area contributed by atoms with E-state index in [1.807, 2.05) is 18.2 Å². The third-order valence-corrected chi connectivity index (χ3v) is 2.85. The predicted molar refractivity (Wildman–Crippen MR) is 67.9 cm³/mol. The van der Waals surface area contributed by atoms with E-state index in [2.05, 4.69) is 35.1 Å². The predicted octanol–water partition coefficient (Wildman–Crippen LogP) is 2.46. The second-order valence-electron chi connectivity index (χ2n) is 3.91. The molecule has 0 fully saturated rings. The Morgan fingerprint density at radius 3 is 2.60 bits per heavy atom. The van der Waals surface area contributed by atoms with Gasteiger partial charge in [0, 0.05) is 4.47 Å². The molecule has 1 rings (SSSR count). The van der Waals surface area contributed by atoms with Gasteiger partial charge in [-0.1, -0.05) is 29.8 Å². The van der Waals surface area contributed by atoms with Crippen molar-refractivity contribution < 1.29 is 5.11 Å². The molecule has 0 aromatic heterocycles. The highest BCUT2D eigenvalue weighted by Gasteiger charge is 2.12. The maximum Gasteiger partial charge on any atom is 0.0635 e. The summed E-state index contributed by atoms with van der Waals surface area (Å²) in [5, 5.41) is 12.4. The largest absolute Gasteiger partial charge is 0.397 e. The van der Waals surface area contributed by atoms with E-state index >= 15 is 0 Å². The average Bonchev–Trinajstić information content (AvgIpc) is 2.16. The highest BCUT2D eigenvalue weighted by atomic mass is 79.9. The Hall–Kier alpha value is -0.740. The van der Waals surface area contributed by atoms with Gasteiger partial charge in [-0.15, -0.1) is 0 Å². The summed E-state index contributed by atoms with van der Waals surface area (Å²) in [6.07, 6.45) is 0. The summed E-state index contributed by atoms with van der Waals surface area (Å²) in [4.78, 5) is 0. The number of halogens is 1. The summed E-state index contributed by atoms with van der Waals surface area (Å²) in [6, 6.07) is 5.71. The first kappa shape index (κ1) is 12.3. The molecule has 4 heteroatoms. The minimum atomic E-state index is 0.0356. The second kappa shape index (κ2) is 5.37. The molecule has 0 aliphatic heterocycles. The molecule has 0 amide bonds. The van der Waals surface area contributed by atoms with Gasteiger partial charge in [0.25, 0.3) is 0 Å². The van der Waals surface area contributed by atoms with Gasteiger partial charge in [-0.3, -0.25) is 0 Å². The number of hydrogen-bond donors (Lipinski definition) is 3. The third-order valence-electron chi connectivity index (χ3n) is 2.36. The molecule has 0 bridgehead atoms. The number of hydrogen-bond acceptors (Lipinski definition) is 3. The SMILES string of the molecule is CC(C)[C@@H](CO)Nc1ccc(Br)cc1N. The Labute approximate surface area is 98.8 Å². The molecule has 84 valence electrons. The lowest BCUT2D eigenvalue weighted by atomic mass is 10.0. The molecule has 1 atom stereocenters. The van der Waals surface area contributed by atoms with E-state index in [-0.39, 0.29) is 12.6 Å². The Kier molecular flexibility index (Phi) is 4.42. The maximum absolute atomic E-state index is 9.19. The van der Waals surface area contributed by atoms with Crippen molar-refractivity contribution in [2.24, 2.45) is 5.92 Å². The van der Waals surface area contributed by atoms with Gasteiger partial charge in [0.05, 0.1) is 24.0 Å². The molecule has 3 nitrogen and oxygen atoms in total. The van der Waals surface area contributed by atoms with E-state index in [4.69, 9.17) is 5.73 Å².